The Morgan fingerprint density at radius 3 is 2.46 bits per heavy atom. The molecule has 9 heteroatoms. The first-order valence-corrected chi connectivity index (χ1v) is 12.9. The molecule has 0 atom stereocenters. The first kappa shape index (κ1) is 24.3. The molecule has 1 amide bonds. The first-order chi connectivity index (χ1) is 17.0. The van der Waals surface area contributed by atoms with Crippen molar-refractivity contribution < 1.29 is 4.79 Å². The Morgan fingerprint density at radius 1 is 1.09 bits per heavy atom. The summed E-state index contributed by atoms with van der Waals surface area (Å²) < 4.78 is 0. The lowest BCUT2D eigenvalue weighted by Crippen LogP contribution is -2.12. The number of nitrogens with two attached hydrogens (primary N) is 1. The number of nitrogens with one attached hydrogen (secondary N) is 1. The molecule has 174 valence electrons. The van der Waals surface area contributed by atoms with Crippen molar-refractivity contribution in [3.63, 3.8) is 0 Å². The minimum absolute atomic E-state index is 0.0526. The third kappa shape index (κ3) is 5.00. The number of nitriles is 3. The van der Waals surface area contributed by atoms with Crippen LogP contribution in [0.25, 0.3) is 11.1 Å². The fourth-order valence-electron chi connectivity index (χ4n) is 4.11. The van der Waals surface area contributed by atoms with Crippen LogP contribution in [0, 0.1) is 40.9 Å². The van der Waals surface area contributed by atoms with Gasteiger partial charge in [-0.1, -0.05) is 29.8 Å². The number of nitrogen functional groups attached to an aromatic ring is 1. The van der Waals surface area contributed by atoms with Crippen LogP contribution in [-0.4, -0.2) is 16.6 Å². The number of hydrogen-bond acceptors (Lipinski definition) is 8. The SMILES string of the molecule is Cc1ccc(-c2c(C#N)c(N)nc(SCCC(=O)Nc3sc4c(c3C#N)CCCC4)c2C#N)cc1. The number of benzene rings is 1. The molecule has 0 spiro atoms. The minimum Gasteiger partial charge on any atom is -0.383 e. The molecule has 7 nitrogen and oxygen atoms in total. The monoisotopic (exact) mass is 498 g/mol. The van der Waals surface area contributed by atoms with Gasteiger partial charge in [-0.3, -0.25) is 4.79 Å². The first-order valence-electron chi connectivity index (χ1n) is 11.1. The summed E-state index contributed by atoms with van der Waals surface area (Å²) in [5.41, 5.74) is 10.4. The van der Waals surface area contributed by atoms with E-state index in [0.717, 1.165) is 36.8 Å². The van der Waals surface area contributed by atoms with E-state index >= 15 is 0 Å². The third-order valence-corrected chi connectivity index (χ3v) is 8.04. The lowest BCUT2D eigenvalue weighted by Gasteiger charge is -2.13. The molecular formula is C26H22N6OS2. The molecule has 0 saturated carbocycles. The van der Waals surface area contributed by atoms with E-state index in [-0.39, 0.29) is 29.3 Å². The van der Waals surface area contributed by atoms with E-state index in [0.29, 0.717) is 32.5 Å². The van der Waals surface area contributed by atoms with Gasteiger partial charge in [0.1, 0.15) is 39.6 Å². The van der Waals surface area contributed by atoms with E-state index in [1.807, 2.05) is 31.2 Å². The number of carbonyl (C=O) groups excluding carboxylic acids is 1. The second-order valence-electron chi connectivity index (χ2n) is 8.19. The van der Waals surface area contributed by atoms with Crippen molar-refractivity contribution in [1.29, 1.82) is 15.8 Å². The number of amides is 1. The summed E-state index contributed by atoms with van der Waals surface area (Å²) in [4.78, 5) is 18.1. The zero-order valence-corrected chi connectivity index (χ0v) is 20.8. The van der Waals surface area contributed by atoms with Gasteiger partial charge in [0.25, 0.3) is 0 Å². The molecule has 3 N–H and O–H groups in total. The maximum atomic E-state index is 12.6. The molecule has 4 rings (SSSR count). The summed E-state index contributed by atoms with van der Waals surface area (Å²) >= 11 is 2.74. The molecule has 0 radical (unpaired) electrons. The van der Waals surface area contributed by atoms with Crippen molar-refractivity contribution in [1.82, 2.24) is 4.98 Å². The van der Waals surface area contributed by atoms with E-state index in [1.54, 1.807) is 0 Å². The zero-order valence-electron chi connectivity index (χ0n) is 19.1. The van der Waals surface area contributed by atoms with E-state index in [4.69, 9.17) is 5.73 Å². The maximum absolute atomic E-state index is 12.6. The summed E-state index contributed by atoms with van der Waals surface area (Å²) in [5, 5.41) is 33.1. The van der Waals surface area contributed by atoms with Crippen molar-refractivity contribution in [2.24, 2.45) is 0 Å². The number of thioether (sulfide) groups is 1. The predicted octanol–water partition coefficient (Wildman–Crippen LogP) is 5.32. The molecule has 1 aromatic carbocycles. The number of pyridine rings is 1. The highest BCUT2D eigenvalue weighted by molar-refractivity contribution is 7.99. The molecule has 1 aliphatic carbocycles. The molecule has 3 aromatic rings. The van der Waals surface area contributed by atoms with Crippen molar-refractivity contribution >= 4 is 39.8 Å². The number of anilines is 2. The normalized spacial score (nSPS) is 12.2. The summed E-state index contributed by atoms with van der Waals surface area (Å²) in [6.07, 6.45) is 4.17. The molecule has 0 unspecified atom stereocenters. The molecule has 0 fully saturated rings. The highest BCUT2D eigenvalue weighted by atomic mass is 32.2. The molecule has 0 bridgehead atoms. The quantitative estimate of drug-likeness (QED) is 0.439. The predicted molar refractivity (Wildman–Crippen MR) is 138 cm³/mol. The molecule has 2 heterocycles. The number of fused-ring (bicyclic) bond motifs is 1. The minimum atomic E-state index is -0.202. The number of rotatable bonds is 6. The van der Waals surface area contributed by atoms with Crippen LogP contribution in [0.1, 0.15) is 52.0 Å². The van der Waals surface area contributed by atoms with Crippen molar-refractivity contribution in [3.05, 3.63) is 57.0 Å². The van der Waals surface area contributed by atoms with Gasteiger partial charge in [-0.15, -0.1) is 23.1 Å². The van der Waals surface area contributed by atoms with Crippen LogP contribution >= 0.6 is 23.1 Å². The fraction of sp³-hybridized carbons (Fsp3) is 0.269. The fourth-order valence-corrected chi connectivity index (χ4v) is 6.30. The Labute approximate surface area is 212 Å². The lowest BCUT2D eigenvalue weighted by molar-refractivity contribution is -0.115. The summed E-state index contributed by atoms with van der Waals surface area (Å²) in [5.74, 6) is 0.211. The Kier molecular flexibility index (Phi) is 7.36. The topological polar surface area (TPSA) is 139 Å². The van der Waals surface area contributed by atoms with Crippen molar-refractivity contribution in [2.45, 2.75) is 44.1 Å². The Hall–Kier alpha value is -3.84. The number of aromatic nitrogens is 1. The summed E-state index contributed by atoms with van der Waals surface area (Å²) in [6, 6.07) is 14.0. The molecule has 1 aliphatic rings. The number of thiophene rings is 1. The van der Waals surface area contributed by atoms with Gasteiger partial charge in [-0.25, -0.2) is 4.98 Å². The van der Waals surface area contributed by atoms with Gasteiger partial charge in [0, 0.05) is 22.6 Å². The second-order valence-corrected chi connectivity index (χ2v) is 10.4. The van der Waals surface area contributed by atoms with Gasteiger partial charge in [0.2, 0.25) is 5.91 Å². The van der Waals surface area contributed by atoms with E-state index in [9.17, 15) is 20.6 Å². The Morgan fingerprint density at radius 2 is 1.77 bits per heavy atom. The molecular weight excluding hydrogens is 476 g/mol. The lowest BCUT2D eigenvalue weighted by atomic mass is 9.96. The van der Waals surface area contributed by atoms with Gasteiger partial charge < -0.3 is 11.1 Å². The largest absolute Gasteiger partial charge is 0.383 e. The Bertz CT molecular complexity index is 1420. The van der Waals surface area contributed by atoms with Gasteiger partial charge in [0.15, 0.2) is 0 Å². The highest BCUT2D eigenvalue weighted by Crippen LogP contribution is 2.38. The van der Waals surface area contributed by atoms with Crippen molar-refractivity contribution in [3.8, 4) is 29.3 Å². The molecule has 2 aromatic heterocycles. The Balaban J connectivity index is 1.52. The van der Waals surface area contributed by atoms with E-state index < -0.39 is 0 Å². The van der Waals surface area contributed by atoms with Crippen molar-refractivity contribution in [2.75, 3.05) is 16.8 Å². The number of aryl methyl sites for hydroxylation is 2. The average Bonchev–Trinajstić information content (AvgIpc) is 3.21. The zero-order chi connectivity index (χ0) is 24.9. The second kappa shape index (κ2) is 10.6. The summed E-state index contributed by atoms with van der Waals surface area (Å²) in [6.45, 7) is 1.96. The van der Waals surface area contributed by atoms with E-state index in [1.165, 1.54) is 28.0 Å². The summed E-state index contributed by atoms with van der Waals surface area (Å²) in [7, 11) is 0. The maximum Gasteiger partial charge on any atom is 0.225 e. The van der Waals surface area contributed by atoms with Crippen LogP contribution in [0.5, 0.6) is 0 Å². The van der Waals surface area contributed by atoms with E-state index in [2.05, 4.69) is 28.5 Å². The third-order valence-electron chi connectivity index (χ3n) is 5.86. The van der Waals surface area contributed by atoms with Crippen LogP contribution in [0.2, 0.25) is 0 Å². The van der Waals surface area contributed by atoms with Gasteiger partial charge in [-0.05, 0) is 43.7 Å². The number of hydrogen-bond donors (Lipinski definition) is 2. The highest BCUT2D eigenvalue weighted by Gasteiger charge is 2.23. The van der Waals surface area contributed by atoms with Crippen LogP contribution in [0.15, 0.2) is 29.3 Å². The van der Waals surface area contributed by atoms with Gasteiger partial charge in [-0.2, -0.15) is 15.8 Å². The van der Waals surface area contributed by atoms with Crippen LogP contribution in [-0.2, 0) is 17.6 Å². The molecule has 0 saturated heterocycles. The number of nitrogens with zero attached hydrogens (tertiary/aromatic N) is 4. The van der Waals surface area contributed by atoms with Gasteiger partial charge in [0.05, 0.1) is 11.1 Å². The van der Waals surface area contributed by atoms with Crippen LogP contribution < -0.4 is 11.1 Å². The number of carbonyl (C=O) groups is 1. The molecule has 0 aliphatic heterocycles. The van der Waals surface area contributed by atoms with Gasteiger partial charge >= 0.3 is 0 Å². The standard InChI is InChI=1S/C26H22N6OS2/c1-15-6-8-16(9-7-15)23-19(13-28)24(30)32-25(20(23)14-29)34-11-10-22(33)31-26-18(12-27)17-4-2-3-5-21(17)35-26/h6-9H,2-5,10-11H2,1H3,(H2,30,32)(H,31,33). The van der Waals surface area contributed by atoms with Crippen LogP contribution in [0.3, 0.4) is 0 Å². The van der Waals surface area contributed by atoms with Crippen LogP contribution in [0.4, 0.5) is 10.8 Å². The smallest absolute Gasteiger partial charge is 0.225 e. The average molecular weight is 499 g/mol. The molecule has 35 heavy (non-hydrogen) atoms.